The van der Waals surface area contributed by atoms with Crippen LogP contribution in [0.2, 0.25) is 0 Å². The summed E-state index contributed by atoms with van der Waals surface area (Å²) in [6.45, 7) is 0. The van der Waals surface area contributed by atoms with E-state index < -0.39 is 0 Å². The minimum absolute atomic E-state index is 0.0670. The molecule has 0 radical (unpaired) electrons. The van der Waals surface area contributed by atoms with E-state index >= 15 is 0 Å². The monoisotopic (exact) mass is 707 g/mol. The quantitative estimate of drug-likeness (QED) is 0.121. The van der Waals surface area contributed by atoms with Crippen LogP contribution in [0.5, 0.6) is 0 Å². The maximum Gasteiger partial charge on any atom is 0.221 e. The molecule has 8 aromatic rings. The Balaban J connectivity index is 1.14. The Labute approximate surface area is 319 Å². The molecule has 260 valence electrons. The first-order valence-electron chi connectivity index (χ1n) is 17.8. The topological polar surface area (TPSA) is 106 Å². The van der Waals surface area contributed by atoms with Gasteiger partial charge in [-0.1, -0.05) is 140 Å². The summed E-state index contributed by atoms with van der Waals surface area (Å²) in [5.41, 5.74) is 12.1. The van der Waals surface area contributed by atoms with Crippen LogP contribution < -0.4 is 0 Å². The van der Waals surface area contributed by atoms with Gasteiger partial charge in [0.05, 0.1) is 23.0 Å². The third kappa shape index (κ3) is 7.45. The van der Waals surface area contributed by atoms with Crippen LogP contribution in [0.25, 0.3) is 67.3 Å². The predicted molar refractivity (Wildman–Crippen MR) is 221 cm³/mol. The summed E-state index contributed by atoms with van der Waals surface area (Å²) in [6, 6.07) is 63.5. The molecule has 6 nitrogen and oxygen atoms in total. The predicted octanol–water partition coefficient (Wildman–Crippen LogP) is 11.7. The Morgan fingerprint density at radius 3 is 1.64 bits per heavy atom. The molecule has 0 aliphatic heterocycles. The fourth-order valence-corrected chi connectivity index (χ4v) is 6.58. The molecular weight excluding hydrogens is 675 g/mol. The molecule has 0 unspecified atom stereocenters. The average molecular weight is 708 g/mol. The smallest absolute Gasteiger partial charge is 0.221 e. The summed E-state index contributed by atoms with van der Waals surface area (Å²) in [4.78, 5) is 10.2. The van der Waals surface area contributed by atoms with Gasteiger partial charge in [0.2, 0.25) is 11.8 Å². The first-order valence-corrected chi connectivity index (χ1v) is 17.8. The average Bonchev–Trinajstić information content (AvgIpc) is 3.27. The maximum atomic E-state index is 9.79. The van der Waals surface area contributed by atoms with Crippen molar-refractivity contribution in [2.75, 3.05) is 0 Å². The van der Waals surface area contributed by atoms with Gasteiger partial charge >= 0.3 is 0 Å². The number of aromatic nitrogens is 2. The van der Waals surface area contributed by atoms with Crippen LogP contribution in [0.4, 0.5) is 0 Å². The zero-order chi connectivity index (χ0) is 37.6. The molecule has 0 aliphatic rings. The Morgan fingerprint density at radius 1 is 0.418 bits per heavy atom. The number of nitrogens with one attached hydrogen (secondary N) is 2. The molecule has 1 aromatic heterocycles. The summed E-state index contributed by atoms with van der Waals surface area (Å²) in [5, 5.41) is 26.5. The van der Waals surface area contributed by atoms with E-state index in [0.717, 1.165) is 61.5 Å². The molecule has 0 bridgehead atoms. The van der Waals surface area contributed by atoms with E-state index in [4.69, 9.17) is 25.5 Å². The number of nitrogens with zero attached hydrogens (tertiary/aromatic N) is 3. The molecule has 7 aromatic carbocycles. The number of nitriles is 1. The molecular formula is C49H33N5O. The molecule has 0 saturated heterocycles. The van der Waals surface area contributed by atoms with E-state index in [1.165, 1.54) is 0 Å². The van der Waals surface area contributed by atoms with Gasteiger partial charge in [-0.2, -0.15) is 5.26 Å². The largest absolute Gasteiger partial charge is 0.421 e. The number of rotatable bonds is 8. The molecule has 0 saturated carbocycles. The molecule has 0 atom stereocenters. The summed E-state index contributed by atoms with van der Waals surface area (Å²) in [7, 11) is 0. The van der Waals surface area contributed by atoms with Crippen molar-refractivity contribution >= 4 is 11.8 Å². The highest BCUT2D eigenvalue weighted by Crippen LogP contribution is 2.36. The number of hydrogen-bond donors (Lipinski definition) is 2. The van der Waals surface area contributed by atoms with Crippen LogP contribution in [0.3, 0.4) is 0 Å². The maximum absolute atomic E-state index is 9.79. The van der Waals surface area contributed by atoms with E-state index in [9.17, 15) is 5.26 Å². The van der Waals surface area contributed by atoms with Gasteiger partial charge in [-0.15, -0.1) is 0 Å². The summed E-state index contributed by atoms with van der Waals surface area (Å²) < 4.78 is 5.55. The van der Waals surface area contributed by atoms with Gasteiger partial charge in [-0.05, 0) is 81.9 Å². The molecule has 0 spiro atoms. The van der Waals surface area contributed by atoms with E-state index in [1.54, 1.807) is 12.1 Å². The summed E-state index contributed by atoms with van der Waals surface area (Å²) in [6.07, 6.45) is 0. The molecule has 6 heteroatoms. The number of ether oxygens (including phenoxy) is 1. The van der Waals surface area contributed by atoms with Crippen LogP contribution in [0.15, 0.2) is 188 Å². The fraction of sp³-hybridized carbons (Fsp3) is 0. The van der Waals surface area contributed by atoms with Crippen molar-refractivity contribution in [1.29, 1.82) is 16.1 Å². The van der Waals surface area contributed by atoms with Crippen LogP contribution in [0, 0.1) is 22.1 Å². The highest BCUT2D eigenvalue weighted by Gasteiger charge is 2.16. The van der Waals surface area contributed by atoms with Gasteiger partial charge in [0.15, 0.2) is 5.82 Å². The molecule has 0 aliphatic carbocycles. The summed E-state index contributed by atoms with van der Waals surface area (Å²) in [5.74, 6) is 0.469. The van der Waals surface area contributed by atoms with Gasteiger partial charge < -0.3 is 4.74 Å². The van der Waals surface area contributed by atoms with Crippen molar-refractivity contribution in [3.05, 3.63) is 205 Å². The highest BCUT2D eigenvalue weighted by molar-refractivity contribution is 6.05. The van der Waals surface area contributed by atoms with Gasteiger partial charge in [0.25, 0.3) is 0 Å². The lowest BCUT2D eigenvalue weighted by Crippen LogP contribution is -2.12. The Kier molecular flexibility index (Phi) is 9.66. The Morgan fingerprint density at radius 2 is 0.927 bits per heavy atom. The normalized spacial score (nSPS) is 10.7. The third-order valence-corrected chi connectivity index (χ3v) is 9.37. The fourth-order valence-electron chi connectivity index (χ4n) is 6.58. The first-order chi connectivity index (χ1) is 27.0. The van der Waals surface area contributed by atoms with Crippen molar-refractivity contribution in [1.82, 2.24) is 9.97 Å². The molecule has 8 rings (SSSR count). The van der Waals surface area contributed by atoms with Crippen molar-refractivity contribution in [3.63, 3.8) is 0 Å². The second kappa shape index (κ2) is 15.5. The molecule has 1 heterocycles. The van der Waals surface area contributed by atoms with Gasteiger partial charge in [0, 0.05) is 27.8 Å². The number of hydrogen-bond acceptors (Lipinski definition) is 6. The second-order valence-electron chi connectivity index (χ2n) is 12.9. The molecule has 2 N–H and O–H groups in total. The standard InChI is InChI=1S/C49H33N5O/c50-32-41-17-7-8-22-42(41)38-19-12-21-40(30-38)45-31-46(54-49(53-45)36-15-5-2-6-16-36)44-24-10-9-23-43(44)39-20-11-18-37(29-39)33-25-27-35(28-26-33)48(52)55-47(51)34-13-3-1-4-14-34/h1-31,51-52H. The molecule has 0 amide bonds. The van der Waals surface area contributed by atoms with E-state index in [0.29, 0.717) is 22.5 Å². The molecule has 0 fully saturated rings. The van der Waals surface area contributed by atoms with Crippen LogP contribution >= 0.6 is 0 Å². The zero-order valence-corrected chi connectivity index (χ0v) is 29.6. The lowest BCUT2D eigenvalue weighted by atomic mass is 9.93. The lowest BCUT2D eigenvalue weighted by Gasteiger charge is -2.14. The lowest BCUT2D eigenvalue weighted by molar-refractivity contribution is 0.538. The second-order valence-corrected chi connectivity index (χ2v) is 12.9. The van der Waals surface area contributed by atoms with Gasteiger partial charge in [-0.25, -0.2) is 9.97 Å². The Bertz CT molecular complexity index is 2720. The SMILES string of the molecule is N#Cc1ccccc1-c1cccc(-c2cc(-c3ccccc3-c3cccc(-c4ccc(C(=N)OC(=N)c5ccccc5)cc4)c3)nc(-c3ccccc3)n2)c1. The van der Waals surface area contributed by atoms with E-state index in [2.05, 4.69) is 42.5 Å². The van der Waals surface area contributed by atoms with Crippen LogP contribution in [0.1, 0.15) is 16.7 Å². The van der Waals surface area contributed by atoms with Crippen molar-refractivity contribution in [2.45, 2.75) is 0 Å². The highest BCUT2D eigenvalue weighted by atomic mass is 16.5. The van der Waals surface area contributed by atoms with E-state index in [-0.39, 0.29) is 11.8 Å². The summed E-state index contributed by atoms with van der Waals surface area (Å²) >= 11 is 0. The zero-order valence-electron chi connectivity index (χ0n) is 29.6. The first kappa shape index (κ1) is 34.3. The third-order valence-electron chi connectivity index (χ3n) is 9.37. The molecule has 55 heavy (non-hydrogen) atoms. The number of benzene rings is 7. The van der Waals surface area contributed by atoms with Crippen molar-refractivity contribution < 1.29 is 4.74 Å². The van der Waals surface area contributed by atoms with Gasteiger partial charge in [-0.3, -0.25) is 10.8 Å². The van der Waals surface area contributed by atoms with Crippen molar-refractivity contribution in [2.24, 2.45) is 0 Å². The van der Waals surface area contributed by atoms with Crippen molar-refractivity contribution in [3.8, 4) is 73.4 Å². The minimum Gasteiger partial charge on any atom is -0.421 e. The van der Waals surface area contributed by atoms with Crippen LogP contribution in [-0.2, 0) is 4.74 Å². The van der Waals surface area contributed by atoms with Crippen LogP contribution in [-0.4, -0.2) is 21.8 Å². The Hall–Kier alpha value is -7.75. The van der Waals surface area contributed by atoms with E-state index in [1.807, 2.05) is 140 Å². The minimum atomic E-state index is -0.0825. The van der Waals surface area contributed by atoms with Gasteiger partial charge in [0.1, 0.15) is 0 Å².